The molecule has 0 unspecified atom stereocenters. The van der Waals surface area contributed by atoms with Crippen LogP contribution in [0.4, 0.5) is 26.3 Å². The number of carbonyl (C=O) groups excluding carboxylic acids is 2. The number of amides is 2. The fourth-order valence-electron chi connectivity index (χ4n) is 7.94. The van der Waals surface area contributed by atoms with Crippen LogP contribution < -0.4 is 10.6 Å². The fraction of sp³-hybridized carbons (Fsp3) is 0.474. The molecule has 0 spiro atoms. The number of fused-ring (bicyclic) bond motifs is 2. The minimum absolute atomic E-state index is 0.0862. The monoisotopic (exact) mass is 790 g/mol. The molecule has 16 heteroatoms. The van der Waals surface area contributed by atoms with E-state index in [4.69, 9.17) is 0 Å². The van der Waals surface area contributed by atoms with E-state index < -0.39 is 23.5 Å². The van der Waals surface area contributed by atoms with Crippen LogP contribution >= 0.6 is 23.1 Å². The van der Waals surface area contributed by atoms with Crippen molar-refractivity contribution in [2.45, 2.75) is 75.8 Å². The van der Waals surface area contributed by atoms with E-state index in [9.17, 15) is 35.9 Å². The first-order valence-corrected chi connectivity index (χ1v) is 19.7. The number of halogens is 6. The van der Waals surface area contributed by atoms with Gasteiger partial charge in [0.1, 0.15) is 11.4 Å². The Labute approximate surface area is 317 Å². The summed E-state index contributed by atoms with van der Waals surface area (Å²) < 4.78 is 88.4. The molecule has 4 aliphatic heterocycles. The molecule has 2 N–H and O–H groups in total. The maximum atomic E-state index is 13.3. The van der Waals surface area contributed by atoms with Gasteiger partial charge in [-0.2, -0.15) is 35.1 Å². The summed E-state index contributed by atoms with van der Waals surface area (Å²) >= 11 is 2.75. The van der Waals surface area contributed by atoms with Crippen LogP contribution in [0.2, 0.25) is 0 Å². The molecule has 54 heavy (non-hydrogen) atoms. The number of benzene rings is 2. The molecular weight excluding hydrogens is 751 g/mol. The predicted octanol–water partition coefficient (Wildman–Crippen LogP) is 7.65. The molecule has 0 saturated carbocycles. The first-order chi connectivity index (χ1) is 25.9. The Balaban J connectivity index is 0.000000167. The third-order valence-corrected chi connectivity index (χ3v) is 12.6. The summed E-state index contributed by atoms with van der Waals surface area (Å²) in [6.07, 6.45) is -4.89. The number of nitrogens with zero attached hydrogens (tertiary/aromatic N) is 4. The molecule has 0 radical (unpaired) electrons. The van der Waals surface area contributed by atoms with Crippen LogP contribution in [-0.4, -0.2) is 69.6 Å². The van der Waals surface area contributed by atoms with Gasteiger partial charge in [0.15, 0.2) is 0 Å². The molecule has 8 nitrogen and oxygen atoms in total. The molecule has 2 amide bonds. The molecular formula is C38H40F6N6O2S2. The molecule has 8 rings (SSSR count). The van der Waals surface area contributed by atoms with Gasteiger partial charge in [-0.1, -0.05) is 36.4 Å². The van der Waals surface area contributed by atoms with Crippen molar-refractivity contribution in [3.8, 4) is 0 Å². The van der Waals surface area contributed by atoms with Gasteiger partial charge in [0.2, 0.25) is 0 Å². The van der Waals surface area contributed by atoms with Crippen LogP contribution in [-0.2, 0) is 38.3 Å². The molecule has 0 bridgehead atoms. The molecule has 0 atom stereocenters. The highest BCUT2D eigenvalue weighted by Crippen LogP contribution is 2.40. The number of nitrogens with one attached hydrogen (secondary N) is 2. The molecule has 2 aromatic heterocycles. The first kappa shape index (κ1) is 38.4. The molecule has 0 aliphatic carbocycles. The highest BCUT2D eigenvalue weighted by Gasteiger charge is 2.38. The molecule has 2 aromatic carbocycles. The Morgan fingerprint density at radius 2 is 1.06 bits per heavy atom. The zero-order chi connectivity index (χ0) is 38.0. The zero-order valence-corrected chi connectivity index (χ0v) is 31.0. The number of carbonyl (C=O) groups is 2. The van der Waals surface area contributed by atoms with Crippen molar-refractivity contribution in [2.75, 3.05) is 39.3 Å². The highest BCUT2D eigenvalue weighted by molar-refractivity contribution is 7.06. The van der Waals surface area contributed by atoms with Crippen molar-refractivity contribution < 1.29 is 35.9 Å². The average molecular weight is 791 g/mol. The average Bonchev–Trinajstić information content (AvgIpc) is 3.82. The van der Waals surface area contributed by atoms with Crippen molar-refractivity contribution in [1.82, 2.24) is 29.2 Å². The lowest BCUT2D eigenvalue weighted by Crippen LogP contribution is -2.39. The Bertz CT molecular complexity index is 1820. The molecule has 288 valence electrons. The minimum atomic E-state index is -4.35. The number of aromatic nitrogens is 2. The normalized spacial score (nSPS) is 18.4. The molecule has 6 heterocycles. The second kappa shape index (κ2) is 16.1. The van der Waals surface area contributed by atoms with E-state index in [2.05, 4.69) is 19.4 Å². The number of hydrogen-bond acceptors (Lipinski definition) is 8. The summed E-state index contributed by atoms with van der Waals surface area (Å²) in [5, 5.41) is 6.53. The molecule has 4 aromatic rings. The summed E-state index contributed by atoms with van der Waals surface area (Å²) in [5.41, 5.74) is 2.63. The summed E-state index contributed by atoms with van der Waals surface area (Å²) in [6.45, 7) is 4.96. The van der Waals surface area contributed by atoms with Crippen LogP contribution in [0.5, 0.6) is 0 Å². The van der Waals surface area contributed by atoms with E-state index in [0.717, 1.165) is 65.5 Å². The number of hydrogen-bond donors (Lipinski definition) is 2. The maximum Gasteiger partial charge on any atom is 0.416 e. The Kier molecular flexibility index (Phi) is 11.4. The summed E-state index contributed by atoms with van der Waals surface area (Å²) in [7, 11) is 0. The van der Waals surface area contributed by atoms with E-state index in [-0.39, 0.29) is 23.7 Å². The van der Waals surface area contributed by atoms with Gasteiger partial charge < -0.3 is 20.4 Å². The topological polar surface area (TPSA) is 90.5 Å². The van der Waals surface area contributed by atoms with Gasteiger partial charge >= 0.3 is 12.4 Å². The van der Waals surface area contributed by atoms with E-state index >= 15 is 0 Å². The molecule has 4 aliphatic rings. The maximum absolute atomic E-state index is 13.3. The Hall–Kier alpha value is -3.86. The van der Waals surface area contributed by atoms with E-state index in [1.165, 1.54) is 35.2 Å². The quantitative estimate of drug-likeness (QED) is 0.207. The lowest BCUT2D eigenvalue weighted by Gasteiger charge is -2.33. The van der Waals surface area contributed by atoms with Crippen molar-refractivity contribution in [1.29, 1.82) is 0 Å². The number of alkyl halides is 6. The second-order valence-corrected chi connectivity index (χ2v) is 15.7. The van der Waals surface area contributed by atoms with Crippen LogP contribution in [0.25, 0.3) is 0 Å². The summed E-state index contributed by atoms with van der Waals surface area (Å²) in [6, 6.07) is 11.6. The van der Waals surface area contributed by atoms with Gasteiger partial charge in [-0.15, -0.1) is 0 Å². The standard InChI is InChI=1S/2C19H20F3N3OS/c20-19(21,22)15-4-2-1-3-13(15)12-6-9-25(10-7-12)18(26)17-14-11-23-8-5-16(14)27-24-17;20-19(21,22)15-4-2-1-3-13(15)12-6-9-25(10-7-12)18(26)17-14-5-8-23-11-16(14)27-24-17/h2*1-4,12,23H,5-11H2. The highest BCUT2D eigenvalue weighted by atomic mass is 32.1. The first-order valence-electron chi connectivity index (χ1n) is 18.2. The lowest BCUT2D eigenvalue weighted by atomic mass is 9.86. The van der Waals surface area contributed by atoms with E-state index in [1.54, 1.807) is 34.1 Å². The SMILES string of the molecule is O=C(c1nsc2c1CCNC2)N1CCC(c2ccccc2C(F)(F)F)CC1.O=C(c1nsc2c1CNCC2)N1CCC(c2ccccc2C(F)(F)F)CC1. The van der Waals surface area contributed by atoms with Crippen LogP contribution in [0.3, 0.4) is 0 Å². The van der Waals surface area contributed by atoms with Gasteiger partial charge in [-0.05, 0) is 103 Å². The Morgan fingerprint density at radius 1 is 0.611 bits per heavy atom. The van der Waals surface area contributed by atoms with Gasteiger partial charge in [0.05, 0.1) is 11.1 Å². The van der Waals surface area contributed by atoms with Gasteiger partial charge in [0.25, 0.3) is 11.8 Å². The number of piperidine rings is 2. The van der Waals surface area contributed by atoms with Crippen LogP contribution in [0.1, 0.15) is 102 Å². The predicted molar refractivity (Wildman–Crippen MR) is 194 cm³/mol. The smallest absolute Gasteiger partial charge is 0.337 e. The Morgan fingerprint density at radius 3 is 1.57 bits per heavy atom. The summed E-state index contributed by atoms with van der Waals surface area (Å²) in [4.78, 5) is 31.5. The molecule has 2 fully saturated rings. The largest absolute Gasteiger partial charge is 0.416 e. The fourth-order valence-corrected chi connectivity index (χ4v) is 9.66. The van der Waals surface area contributed by atoms with Crippen molar-refractivity contribution in [2.24, 2.45) is 0 Å². The third kappa shape index (κ3) is 8.21. The third-order valence-electron chi connectivity index (χ3n) is 10.8. The second-order valence-electron chi connectivity index (χ2n) is 14.0. The number of rotatable bonds is 4. The number of likely N-dealkylation sites (tertiary alicyclic amines) is 2. The van der Waals surface area contributed by atoms with Crippen LogP contribution in [0, 0.1) is 0 Å². The van der Waals surface area contributed by atoms with Gasteiger partial charge in [0, 0.05) is 66.7 Å². The van der Waals surface area contributed by atoms with Crippen molar-refractivity contribution >= 4 is 34.9 Å². The van der Waals surface area contributed by atoms with Gasteiger partial charge in [-0.3, -0.25) is 9.59 Å². The van der Waals surface area contributed by atoms with E-state index in [0.29, 0.717) is 80.9 Å². The van der Waals surface area contributed by atoms with E-state index in [1.807, 2.05) is 0 Å². The van der Waals surface area contributed by atoms with Crippen molar-refractivity contribution in [3.63, 3.8) is 0 Å². The minimum Gasteiger partial charge on any atom is -0.337 e. The van der Waals surface area contributed by atoms with Crippen molar-refractivity contribution in [3.05, 3.63) is 103 Å². The lowest BCUT2D eigenvalue weighted by molar-refractivity contribution is -0.139. The van der Waals surface area contributed by atoms with Gasteiger partial charge in [-0.25, -0.2) is 0 Å². The zero-order valence-electron chi connectivity index (χ0n) is 29.4. The van der Waals surface area contributed by atoms with Crippen LogP contribution in [0.15, 0.2) is 48.5 Å². The molecule has 2 saturated heterocycles. The summed E-state index contributed by atoms with van der Waals surface area (Å²) in [5.74, 6) is -0.547.